The minimum atomic E-state index is -1.44. The highest BCUT2D eigenvalue weighted by molar-refractivity contribution is 5.91. The Bertz CT molecular complexity index is 1240. The van der Waals surface area contributed by atoms with Crippen LogP contribution in [0.2, 0.25) is 0 Å². The van der Waals surface area contributed by atoms with Crippen LogP contribution in [-0.2, 0) is 6.42 Å². The van der Waals surface area contributed by atoms with Crippen molar-refractivity contribution < 1.29 is 27.6 Å². The third-order valence-corrected chi connectivity index (χ3v) is 5.16. The second-order valence-corrected chi connectivity index (χ2v) is 6.81. The molecule has 32 heavy (non-hydrogen) atoms. The Morgan fingerprint density at radius 2 is 1.81 bits per heavy atom. The van der Waals surface area contributed by atoms with Crippen molar-refractivity contribution in [2.45, 2.75) is 32.4 Å². The molecule has 2 unspecified atom stereocenters. The number of nitriles is 1. The van der Waals surface area contributed by atoms with Gasteiger partial charge in [0.15, 0.2) is 17.7 Å². The standard InChI is InChI=1S/C21H13F3N2O4.C2H6/c1-29-20-7-12-10(4-11(20)9-25)2-3-19-13(12)6-18(26(27)28)21(30-19)14-5-16(23)17(24)8-15(14)22;1-2/h2-5,7-8,18,21H,6H2,1H3;1-2H3. The quantitative estimate of drug-likeness (QED) is 0.303. The highest BCUT2D eigenvalue weighted by Gasteiger charge is 2.42. The van der Waals surface area contributed by atoms with E-state index in [1.54, 1.807) is 24.3 Å². The van der Waals surface area contributed by atoms with Gasteiger partial charge in [0, 0.05) is 28.5 Å². The van der Waals surface area contributed by atoms with Crippen LogP contribution in [0, 0.1) is 38.9 Å². The number of nitrogens with zero attached hydrogens (tertiary/aromatic N) is 2. The SMILES string of the molecule is CC.COc1cc2c3c(ccc2cc1C#N)OC(c1cc(F)c(F)cc1F)C([N+](=O)[O-])C3. The first kappa shape index (κ1) is 22.9. The van der Waals surface area contributed by atoms with E-state index in [9.17, 15) is 28.5 Å². The summed E-state index contributed by atoms with van der Waals surface area (Å²) in [4.78, 5) is 11.1. The molecular formula is C23H19F3N2O4. The first-order valence-electron chi connectivity index (χ1n) is 9.82. The van der Waals surface area contributed by atoms with Gasteiger partial charge in [0.2, 0.25) is 0 Å². The summed E-state index contributed by atoms with van der Waals surface area (Å²) in [7, 11) is 1.40. The number of nitro groups is 1. The average Bonchev–Trinajstić information content (AvgIpc) is 2.80. The fourth-order valence-corrected chi connectivity index (χ4v) is 3.72. The largest absolute Gasteiger partial charge is 0.495 e. The van der Waals surface area contributed by atoms with Gasteiger partial charge in [-0.15, -0.1) is 0 Å². The maximum absolute atomic E-state index is 14.3. The van der Waals surface area contributed by atoms with Crippen LogP contribution in [0.3, 0.4) is 0 Å². The fraction of sp³-hybridized carbons (Fsp3) is 0.261. The molecule has 0 radical (unpaired) electrons. The Morgan fingerprint density at radius 1 is 1.12 bits per heavy atom. The van der Waals surface area contributed by atoms with E-state index in [0.29, 0.717) is 39.8 Å². The van der Waals surface area contributed by atoms with E-state index >= 15 is 0 Å². The lowest BCUT2D eigenvalue weighted by atomic mass is 9.89. The molecule has 3 aromatic rings. The first-order valence-corrected chi connectivity index (χ1v) is 9.82. The van der Waals surface area contributed by atoms with Crippen molar-refractivity contribution in [2.75, 3.05) is 7.11 Å². The maximum Gasteiger partial charge on any atom is 0.257 e. The molecule has 1 aliphatic heterocycles. The zero-order valence-corrected chi connectivity index (χ0v) is 17.5. The van der Waals surface area contributed by atoms with Gasteiger partial charge in [-0.1, -0.05) is 19.9 Å². The number of benzene rings is 3. The third-order valence-electron chi connectivity index (χ3n) is 5.16. The Labute approximate surface area is 181 Å². The van der Waals surface area contributed by atoms with Gasteiger partial charge in [0.05, 0.1) is 12.7 Å². The van der Waals surface area contributed by atoms with Gasteiger partial charge in [-0.05, 0) is 35.0 Å². The number of ether oxygens (including phenoxy) is 2. The average molecular weight is 444 g/mol. The third kappa shape index (κ3) is 3.91. The minimum absolute atomic E-state index is 0.141. The van der Waals surface area contributed by atoms with Gasteiger partial charge in [0.1, 0.15) is 23.4 Å². The molecule has 1 heterocycles. The second-order valence-electron chi connectivity index (χ2n) is 6.81. The summed E-state index contributed by atoms with van der Waals surface area (Å²) in [6.07, 6.45) is -1.59. The monoisotopic (exact) mass is 444 g/mol. The predicted octanol–water partition coefficient (Wildman–Crippen LogP) is 5.49. The molecule has 0 saturated carbocycles. The molecule has 166 valence electrons. The molecule has 0 spiro atoms. The smallest absolute Gasteiger partial charge is 0.257 e. The molecule has 4 rings (SSSR count). The van der Waals surface area contributed by atoms with Crippen molar-refractivity contribution in [3.8, 4) is 17.6 Å². The van der Waals surface area contributed by atoms with Crippen LogP contribution in [0.25, 0.3) is 10.8 Å². The van der Waals surface area contributed by atoms with E-state index in [0.717, 1.165) is 0 Å². The van der Waals surface area contributed by atoms with Crippen LogP contribution >= 0.6 is 0 Å². The number of halogens is 3. The summed E-state index contributed by atoms with van der Waals surface area (Å²) >= 11 is 0. The highest BCUT2D eigenvalue weighted by Crippen LogP contribution is 2.42. The normalized spacial score (nSPS) is 16.8. The number of methoxy groups -OCH3 is 1. The molecule has 0 aliphatic carbocycles. The van der Waals surface area contributed by atoms with Crippen LogP contribution < -0.4 is 9.47 Å². The predicted molar refractivity (Wildman–Crippen MR) is 111 cm³/mol. The molecule has 9 heteroatoms. The molecular weight excluding hydrogens is 425 g/mol. The molecule has 6 nitrogen and oxygen atoms in total. The van der Waals surface area contributed by atoms with Gasteiger partial charge >= 0.3 is 0 Å². The molecule has 1 aliphatic rings. The molecule has 0 amide bonds. The van der Waals surface area contributed by atoms with E-state index in [4.69, 9.17) is 9.47 Å². The Kier molecular flexibility index (Phi) is 6.53. The summed E-state index contributed by atoms with van der Waals surface area (Å²) < 4.78 is 52.3. The summed E-state index contributed by atoms with van der Waals surface area (Å²) in [6, 6.07) is 7.89. The van der Waals surface area contributed by atoms with Crippen molar-refractivity contribution in [3.05, 3.63) is 80.7 Å². The number of fused-ring (bicyclic) bond motifs is 3. The van der Waals surface area contributed by atoms with Gasteiger partial charge in [-0.25, -0.2) is 13.2 Å². The Morgan fingerprint density at radius 3 is 2.44 bits per heavy atom. The van der Waals surface area contributed by atoms with Gasteiger partial charge in [0.25, 0.3) is 6.04 Å². The highest BCUT2D eigenvalue weighted by atomic mass is 19.2. The van der Waals surface area contributed by atoms with Crippen LogP contribution in [-0.4, -0.2) is 18.1 Å². The van der Waals surface area contributed by atoms with E-state index in [2.05, 4.69) is 0 Å². The van der Waals surface area contributed by atoms with Crippen LogP contribution in [0.1, 0.15) is 36.6 Å². The number of hydrogen-bond donors (Lipinski definition) is 0. The molecule has 0 saturated heterocycles. The van der Waals surface area contributed by atoms with E-state index < -0.39 is 40.1 Å². The topological polar surface area (TPSA) is 85.4 Å². The van der Waals surface area contributed by atoms with Crippen molar-refractivity contribution >= 4 is 10.8 Å². The van der Waals surface area contributed by atoms with E-state index in [-0.39, 0.29) is 12.2 Å². The lowest BCUT2D eigenvalue weighted by Gasteiger charge is -2.30. The summed E-state index contributed by atoms with van der Waals surface area (Å²) in [5.41, 5.74) is 0.351. The summed E-state index contributed by atoms with van der Waals surface area (Å²) in [6.45, 7) is 4.00. The van der Waals surface area contributed by atoms with Crippen molar-refractivity contribution in [1.29, 1.82) is 5.26 Å². The zero-order valence-electron chi connectivity index (χ0n) is 17.5. The van der Waals surface area contributed by atoms with Gasteiger partial charge < -0.3 is 9.47 Å². The molecule has 0 fully saturated rings. The fourth-order valence-electron chi connectivity index (χ4n) is 3.72. The number of rotatable bonds is 3. The zero-order chi connectivity index (χ0) is 23.6. The molecule has 2 atom stereocenters. The molecule has 0 bridgehead atoms. The Hall–Kier alpha value is -3.80. The first-order chi connectivity index (χ1) is 15.3. The number of hydrogen-bond acceptors (Lipinski definition) is 5. The Balaban J connectivity index is 0.00000141. The molecule has 0 aromatic heterocycles. The molecule has 3 aromatic carbocycles. The van der Waals surface area contributed by atoms with Crippen LogP contribution in [0.5, 0.6) is 11.5 Å². The van der Waals surface area contributed by atoms with Crippen molar-refractivity contribution in [2.24, 2.45) is 0 Å². The van der Waals surface area contributed by atoms with Crippen molar-refractivity contribution in [1.82, 2.24) is 0 Å². The second kappa shape index (κ2) is 9.14. The minimum Gasteiger partial charge on any atom is -0.495 e. The molecule has 0 N–H and O–H groups in total. The van der Waals surface area contributed by atoms with Gasteiger partial charge in [-0.3, -0.25) is 10.1 Å². The lowest BCUT2D eigenvalue weighted by Crippen LogP contribution is -2.37. The van der Waals surface area contributed by atoms with Crippen LogP contribution in [0.4, 0.5) is 13.2 Å². The van der Waals surface area contributed by atoms with E-state index in [1.165, 1.54) is 7.11 Å². The van der Waals surface area contributed by atoms with Gasteiger partial charge in [-0.2, -0.15) is 5.26 Å². The summed E-state index contributed by atoms with van der Waals surface area (Å²) in [5, 5.41) is 22.2. The van der Waals surface area contributed by atoms with Crippen molar-refractivity contribution in [3.63, 3.8) is 0 Å². The summed E-state index contributed by atoms with van der Waals surface area (Å²) in [5.74, 6) is -3.30. The van der Waals surface area contributed by atoms with E-state index in [1.807, 2.05) is 19.9 Å². The maximum atomic E-state index is 14.3. The van der Waals surface area contributed by atoms with Crippen LogP contribution in [0.15, 0.2) is 36.4 Å². The lowest BCUT2D eigenvalue weighted by molar-refractivity contribution is -0.535.